The van der Waals surface area contributed by atoms with Crippen molar-refractivity contribution in [3.8, 4) is 5.75 Å². The Labute approximate surface area is 124 Å². The van der Waals surface area contributed by atoms with Crippen molar-refractivity contribution in [1.29, 1.82) is 0 Å². The number of anilines is 1. The third-order valence-corrected chi connectivity index (χ3v) is 3.23. The zero-order valence-corrected chi connectivity index (χ0v) is 12.4. The van der Waals surface area contributed by atoms with Gasteiger partial charge in [-0.1, -0.05) is 34.1 Å². The van der Waals surface area contributed by atoms with Crippen LogP contribution in [0.25, 0.3) is 0 Å². The minimum absolute atomic E-state index is 0.0509. The first-order valence-corrected chi connectivity index (χ1v) is 6.73. The number of nitrogens with one attached hydrogen (secondary N) is 1. The van der Waals surface area contributed by atoms with E-state index in [0.717, 1.165) is 10.0 Å². The van der Waals surface area contributed by atoms with Gasteiger partial charge in [-0.25, -0.2) is 0 Å². The molecule has 0 bridgehead atoms. The molecule has 0 aliphatic carbocycles. The van der Waals surface area contributed by atoms with Crippen molar-refractivity contribution in [3.63, 3.8) is 0 Å². The molecule has 0 saturated carbocycles. The number of hydrogen-bond donors (Lipinski definition) is 1. The Morgan fingerprint density at radius 1 is 1.30 bits per heavy atom. The molecule has 0 saturated heterocycles. The molecule has 5 nitrogen and oxygen atoms in total. The predicted octanol–water partition coefficient (Wildman–Crippen LogP) is 3.98. The molecule has 0 fully saturated rings. The first-order valence-electron chi connectivity index (χ1n) is 5.94. The molecule has 0 aliphatic heterocycles. The van der Waals surface area contributed by atoms with Crippen LogP contribution in [0.1, 0.15) is 5.56 Å². The molecule has 0 spiro atoms. The highest BCUT2D eigenvalue weighted by atomic mass is 79.9. The fraction of sp³-hybridized carbons (Fsp3) is 0.143. The summed E-state index contributed by atoms with van der Waals surface area (Å²) in [5.41, 5.74) is 1.32. The molecule has 0 aliphatic rings. The SMILES string of the molecule is CNc1cccc(OCc2cccc(Br)c2)c1[N+](=O)[O-]. The van der Waals surface area contributed by atoms with E-state index < -0.39 is 4.92 Å². The third kappa shape index (κ3) is 3.27. The maximum absolute atomic E-state index is 11.1. The molecule has 2 aromatic rings. The molecular formula is C14H13BrN2O3. The fourth-order valence-electron chi connectivity index (χ4n) is 1.82. The van der Waals surface area contributed by atoms with E-state index in [9.17, 15) is 10.1 Å². The summed E-state index contributed by atoms with van der Waals surface area (Å²) in [5.74, 6) is 0.252. The number of benzene rings is 2. The molecule has 2 aromatic carbocycles. The van der Waals surface area contributed by atoms with E-state index in [1.165, 1.54) is 0 Å². The highest BCUT2D eigenvalue weighted by Gasteiger charge is 2.20. The van der Waals surface area contributed by atoms with Gasteiger partial charge in [0.25, 0.3) is 0 Å². The van der Waals surface area contributed by atoms with Crippen LogP contribution in [0.3, 0.4) is 0 Å². The molecule has 0 aromatic heterocycles. The van der Waals surface area contributed by atoms with Crippen molar-refractivity contribution in [1.82, 2.24) is 0 Å². The monoisotopic (exact) mass is 336 g/mol. The smallest absolute Gasteiger partial charge is 0.333 e. The van der Waals surface area contributed by atoms with E-state index in [1.54, 1.807) is 25.2 Å². The molecule has 0 unspecified atom stereocenters. The van der Waals surface area contributed by atoms with Crippen molar-refractivity contribution < 1.29 is 9.66 Å². The summed E-state index contributed by atoms with van der Waals surface area (Å²) in [4.78, 5) is 10.7. The lowest BCUT2D eigenvalue weighted by molar-refractivity contribution is -0.385. The average Bonchev–Trinajstić information content (AvgIpc) is 2.44. The Balaban J connectivity index is 2.23. The molecule has 2 rings (SSSR count). The van der Waals surface area contributed by atoms with Crippen LogP contribution in [0.15, 0.2) is 46.9 Å². The standard InChI is InChI=1S/C14H13BrN2O3/c1-16-12-6-3-7-13(14(12)17(18)19)20-9-10-4-2-5-11(15)8-10/h2-8,16H,9H2,1H3. The number of nitrogens with zero attached hydrogens (tertiary/aromatic N) is 1. The second kappa shape index (κ2) is 6.38. The van der Waals surface area contributed by atoms with Crippen LogP contribution in [0.4, 0.5) is 11.4 Å². The van der Waals surface area contributed by atoms with Crippen molar-refractivity contribution in [2.45, 2.75) is 6.61 Å². The van der Waals surface area contributed by atoms with Crippen LogP contribution < -0.4 is 10.1 Å². The Kier molecular flexibility index (Phi) is 4.57. The first kappa shape index (κ1) is 14.3. The maximum atomic E-state index is 11.1. The van der Waals surface area contributed by atoms with Crippen molar-refractivity contribution >= 4 is 27.3 Å². The Hall–Kier alpha value is -2.08. The van der Waals surface area contributed by atoms with Crippen LogP contribution in [0.5, 0.6) is 5.75 Å². The highest BCUT2D eigenvalue weighted by Crippen LogP contribution is 2.34. The maximum Gasteiger partial charge on any atom is 0.333 e. The largest absolute Gasteiger partial charge is 0.482 e. The topological polar surface area (TPSA) is 64.4 Å². The second-order valence-electron chi connectivity index (χ2n) is 4.08. The molecule has 0 amide bonds. The van der Waals surface area contributed by atoms with Gasteiger partial charge in [0, 0.05) is 11.5 Å². The summed E-state index contributed by atoms with van der Waals surface area (Å²) < 4.78 is 6.52. The number of halogens is 1. The predicted molar refractivity (Wildman–Crippen MR) is 81.1 cm³/mol. The fourth-order valence-corrected chi connectivity index (χ4v) is 2.26. The van der Waals surface area contributed by atoms with E-state index in [0.29, 0.717) is 5.69 Å². The molecule has 0 atom stereocenters. The molecule has 0 heterocycles. The van der Waals surface area contributed by atoms with E-state index in [-0.39, 0.29) is 18.0 Å². The number of nitro groups is 1. The van der Waals surface area contributed by atoms with Gasteiger partial charge < -0.3 is 10.1 Å². The van der Waals surface area contributed by atoms with Gasteiger partial charge in [-0.15, -0.1) is 0 Å². The van der Waals surface area contributed by atoms with E-state index in [2.05, 4.69) is 21.2 Å². The van der Waals surface area contributed by atoms with Crippen molar-refractivity contribution in [2.75, 3.05) is 12.4 Å². The Bertz CT molecular complexity index is 632. The van der Waals surface area contributed by atoms with Gasteiger partial charge in [-0.2, -0.15) is 0 Å². The minimum Gasteiger partial charge on any atom is -0.482 e. The van der Waals surface area contributed by atoms with E-state index in [4.69, 9.17) is 4.74 Å². The zero-order chi connectivity index (χ0) is 14.5. The summed E-state index contributed by atoms with van der Waals surface area (Å²) in [5, 5.41) is 13.9. The molecule has 1 N–H and O–H groups in total. The lowest BCUT2D eigenvalue weighted by Gasteiger charge is -2.09. The number of para-hydroxylation sites is 1. The molecule has 20 heavy (non-hydrogen) atoms. The van der Waals surface area contributed by atoms with Gasteiger partial charge in [-0.3, -0.25) is 10.1 Å². The van der Waals surface area contributed by atoms with Crippen LogP contribution in [0.2, 0.25) is 0 Å². The quantitative estimate of drug-likeness (QED) is 0.662. The van der Waals surface area contributed by atoms with Crippen LogP contribution >= 0.6 is 15.9 Å². The zero-order valence-electron chi connectivity index (χ0n) is 10.8. The Morgan fingerprint density at radius 2 is 2.05 bits per heavy atom. The van der Waals surface area contributed by atoms with Crippen LogP contribution in [-0.4, -0.2) is 12.0 Å². The molecule has 104 valence electrons. The average molecular weight is 337 g/mol. The van der Waals surface area contributed by atoms with Crippen molar-refractivity contribution in [2.24, 2.45) is 0 Å². The number of hydrogen-bond acceptors (Lipinski definition) is 4. The Morgan fingerprint density at radius 3 is 2.70 bits per heavy atom. The molecular weight excluding hydrogens is 324 g/mol. The number of nitro benzene ring substituents is 1. The lowest BCUT2D eigenvalue weighted by Crippen LogP contribution is -2.02. The normalized spacial score (nSPS) is 10.1. The second-order valence-corrected chi connectivity index (χ2v) is 4.99. The van der Waals surface area contributed by atoms with Gasteiger partial charge in [-0.05, 0) is 29.8 Å². The first-order chi connectivity index (χ1) is 9.61. The number of ether oxygens (including phenoxy) is 1. The van der Waals surface area contributed by atoms with Crippen LogP contribution in [-0.2, 0) is 6.61 Å². The summed E-state index contributed by atoms with van der Waals surface area (Å²) >= 11 is 3.38. The van der Waals surface area contributed by atoms with E-state index in [1.807, 2.05) is 24.3 Å². The molecule has 6 heteroatoms. The summed E-state index contributed by atoms with van der Waals surface area (Å²) in [6, 6.07) is 12.6. The van der Waals surface area contributed by atoms with Crippen molar-refractivity contribution in [3.05, 3.63) is 62.6 Å². The van der Waals surface area contributed by atoms with Crippen LogP contribution in [0, 0.1) is 10.1 Å². The van der Waals surface area contributed by atoms with Gasteiger partial charge in [0.15, 0.2) is 5.75 Å². The summed E-state index contributed by atoms with van der Waals surface area (Å²) in [6.45, 7) is 0.271. The number of rotatable bonds is 5. The van der Waals surface area contributed by atoms with Gasteiger partial charge in [0.1, 0.15) is 12.3 Å². The van der Waals surface area contributed by atoms with Gasteiger partial charge >= 0.3 is 5.69 Å². The van der Waals surface area contributed by atoms with Gasteiger partial charge in [0.2, 0.25) is 0 Å². The minimum atomic E-state index is -0.442. The van der Waals surface area contributed by atoms with Gasteiger partial charge in [0.05, 0.1) is 4.92 Å². The summed E-state index contributed by atoms with van der Waals surface area (Å²) in [7, 11) is 1.64. The highest BCUT2D eigenvalue weighted by molar-refractivity contribution is 9.10. The molecule has 0 radical (unpaired) electrons. The summed E-state index contributed by atoms with van der Waals surface area (Å²) in [6.07, 6.45) is 0. The van der Waals surface area contributed by atoms with E-state index >= 15 is 0 Å². The lowest BCUT2D eigenvalue weighted by atomic mass is 10.2. The third-order valence-electron chi connectivity index (χ3n) is 2.73.